The van der Waals surface area contributed by atoms with Crippen molar-refractivity contribution >= 4 is 11.6 Å². The third kappa shape index (κ3) is 2.84. The van der Waals surface area contributed by atoms with Crippen LogP contribution in [0.4, 0.5) is 5.69 Å². The zero-order valence-corrected chi connectivity index (χ0v) is 11.3. The number of aryl methyl sites for hydroxylation is 1. The molecule has 1 aliphatic rings. The van der Waals surface area contributed by atoms with Gasteiger partial charge in [0.1, 0.15) is 0 Å². The molecule has 0 unspecified atom stereocenters. The highest BCUT2D eigenvalue weighted by Gasteiger charge is 2.28. The molecule has 0 saturated heterocycles. The molecule has 3 nitrogen and oxygen atoms in total. The van der Waals surface area contributed by atoms with Gasteiger partial charge in [0.05, 0.1) is 5.56 Å². The largest absolute Gasteiger partial charge is 0.398 e. The molecule has 1 aliphatic carbocycles. The van der Waals surface area contributed by atoms with E-state index in [4.69, 9.17) is 5.73 Å². The van der Waals surface area contributed by atoms with E-state index in [1.54, 1.807) is 0 Å². The van der Waals surface area contributed by atoms with Crippen molar-refractivity contribution in [3.8, 4) is 0 Å². The highest BCUT2D eigenvalue weighted by molar-refractivity contribution is 6.00. The Balaban J connectivity index is 2.20. The summed E-state index contributed by atoms with van der Waals surface area (Å²) in [6, 6.07) is 5.65. The Morgan fingerprint density at radius 3 is 2.72 bits per heavy atom. The van der Waals surface area contributed by atoms with E-state index in [0.29, 0.717) is 17.2 Å². The third-order valence-electron chi connectivity index (χ3n) is 3.48. The van der Waals surface area contributed by atoms with Crippen molar-refractivity contribution in [3.63, 3.8) is 0 Å². The summed E-state index contributed by atoms with van der Waals surface area (Å²) in [4.78, 5) is 14.6. The van der Waals surface area contributed by atoms with Gasteiger partial charge in [0.15, 0.2) is 0 Å². The maximum absolute atomic E-state index is 12.6. The van der Waals surface area contributed by atoms with Gasteiger partial charge >= 0.3 is 0 Å². The van der Waals surface area contributed by atoms with Crippen molar-refractivity contribution in [1.29, 1.82) is 0 Å². The van der Waals surface area contributed by atoms with Crippen LogP contribution >= 0.6 is 0 Å². The fourth-order valence-electron chi connectivity index (χ4n) is 2.30. The molecule has 0 aliphatic heterocycles. The van der Waals surface area contributed by atoms with Crippen LogP contribution in [0, 0.1) is 12.8 Å². The molecule has 0 aromatic heterocycles. The topological polar surface area (TPSA) is 46.3 Å². The Morgan fingerprint density at radius 2 is 2.17 bits per heavy atom. The number of nitrogen functional groups attached to an aromatic ring is 1. The van der Waals surface area contributed by atoms with Gasteiger partial charge in [0.2, 0.25) is 0 Å². The standard InChI is InChI=1S/C15H22N2O/c1-3-9-17(10-12-7-8-12)15(18)14-11(2)5-4-6-13(14)16/h4-6,12H,3,7-10,16H2,1-2H3. The molecule has 0 atom stereocenters. The van der Waals surface area contributed by atoms with E-state index in [0.717, 1.165) is 25.1 Å². The highest BCUT2D eigenvalue weighted by atomic mass is 16.2. The lowest BCUT2D eigenvalue weighted by Gasteiger charge is -2.23. The first kappa shape index (κ1) is 12.9. The summed E-state index contributed by atoms with van der Waals surface area (Å²) >= 11 is 0. The van der Waals surface area contributed by atoms with Crippen LogP contribution in [-0.2, 0) is 0 Å². The minimum Gasteiger partial charge on any atom is -0.398 e. The van der Waals surface area contributed by atoms with Crippen LogP contribution in [0.2, 0.25) is 0 Å². The molecular weight excluding hydrogens is 224 g/mol. The van der Waals surface area contributed by atoms with E-state index in [-0.39, 0.29) is 5.91 Å². The molecule has 0 spiro atoms. The number of rotatable bonds is 5. The van der Waals surface area contributed by atoms with Crippen LogP contribution in [0.1, 0.15) is 42.1 Å². The minimum atomic E-state index is 0.0966. The summed E-state index contributed by atoms with van der Waals surface area (Å²) in [5.74, 6) is 0.810. The van der Waals surface area contributed by atoms with Crippen LogP contribution in [-0.4, -0.2) is 23.9 Å². The number of nitrogens with two attached hydrogens (primary N) is 1. The first-order valence-corrected chi connectivity index (χ1v) is 6.77. The molecule has 1 aromatic carbocycles. The van der Waals surface area contributed by atoms with Gasteiger partial charge in [-0.1, -0.05) is 19.1 Å². The molecular formula is C15H22N2O. The van der Waals surface area contributed by atoms with Crippen molar-refractivity contribution in [2.24, 2.45) is 5.92 Å². The quantitative estimate of drug-likeness (QED) is 0.812. The lowest BCUT2D eigenvalue weighted by molar-refractivity contribution is 0.0748. The van der Waals surface area contributed by atoms with Crippen LogP contribution in [0.25, 0.3) is 0 Å². The van der Waals surface area contributed by atoms with Gasteiger partial charge in [0.25, 0.3) is 5.91 Å². The SMILES string of the molecule is CCCN(CC1CC1)C(=O)c1c(C)cccc1N. The van der Waals surface area contributed by atoms with E-state index >= 15 is 0 Å². The monoisotopic (exact) mass is 246 g/mol. The summed E-state index contributed by atoms with van der Waals surface area (Å²) in [5, 5.41) is 0. The maximum atomic E-state index is 12.6. The number of carbonyl (C=O) groups excluding carboxylic acids is 1. The van der Waals surface area contributed by atoms with Gasteiger partial charge in [-0.25, -0.2) is 0 Å². The summed E-state index contributed by atoms with van der Waals surface area (Å²) in [5.41, 5.74) is 8.21. The second-order valence-electron chi connectivity index (χ2n) is 5.23. The fourth-order valence-corrected chi connectivity index (χ4v) is 2.30. The fraction of sp³-hybridized carbons (Fsp3) is 0.533. The summed E-state index contributed by atoms with van der Waals surface area (Å²) in [6.07, 6.45) is 3.51. The smallest absolute Gasteiger partial charge is 0.256 e. The molecule has 18 heavy (non-hydrogen) atoms. The van der Waals surface area contributed by atoms with E-state index in [1.165, 1.54) is 12.8 Å². The molecule has 3 heteroatoms. The van der Waals surface area contributed by atoms with Gasteiger partial charge in [-0.2, -0.15) is 0 Å². The Hall–Kier alpha value is -1.51. The van der Waals surface area contributed by atoms with Crippen molar-refractivity contribution < 1.29 is 4.79 Å². The Morgan fingerprint density at radius 1 is 1.44 bits per heavy atom. The summed E-state index contributed by atoms with van der Waals surface area (Å²) in [6.45, 7) is 5.77. The second-order valence-corrected chi connectivity index (χ2v) is 5.23. The molecule has 0 bridgehead atoms. The van der Waals surface area contributed by atoms with Crippen LogP contribution < -0.4 is 5.73 Å². The van der Waals surface area contributed by atoms with Crippen molar-refractivity contribution in [3.05, 3.63) is 29.3 Å². The number of nitrogens with zero attached hydrogens (tertiary/aromatic N) is 1. The first-order valence-electron chi connectivity index (χ1n) is 6.77. The zero-order chi connectivity index (χ0) is 13.1. The van der Waals surface area contributed by atoms with E-state index in [2.05, 4.69) is 6.92 Å². The summed E-state index contributed by atoms with van der Waals surface area (Å²) < 4.78 is 0. The number of hydrogen-bond donors (Lipinski definition) is 1. The molecule has 1 amide bonds. The van der Waals surface area contributed by atoms with Gasteiger partial charge in [0, 0.05) is 18.8 Å². The number of hydrogen-bond acceptors (Lipinski definition) is 2. The molecule has 1 saturated carbocycles. The van der Waals surface area contributed by atoms with Gasteiger partial charge < -0.3 is 10.6 Å². The number of benzene rings is 1. The zero-order valence-electron chi connectivity index (χ0n) is 11.3. The number of carbonyl (C=O) groups is 1. The molecule has 2 N–H and O–H groups in total. The molecule has 0 heterocycles. The molecule has 1 fully saturated rings. The average molecular weight is 246 g/mol. The van der Waals surface area contributed by atoms with Crippen molar-refractivity contribution in [1.82, 2.24) is 4.90 Å². The third-order valence-corrected chi connectivity index (χ3v) is 3.48. The second kappa shape index (κ2) is 5.42. The number of anilines is 1. The Bertz CT molecular complexity index is 418. The van der Waals surface area contributed by atoms with E-state index in [9.17, 15) is 4.79 Å². The van der Waals surface area contributed by atoms with Crippen LogP contribution in [0.3, 0.4) is 0 Å². The first-order chi connectivity index (χ1) is 8.63. The Kier molecular flexibility index (Phi) is 3.90. The maximum Gasteiger partial charge on any atom is 0.256 e. The molecule has 2 rings (SSSR count). The van der Waals surface area contributed by atoms with Crippen molar-refractivity contribution in [2.45, 2.75) is 33.1 Å². The van der Waals surface area contributed by atoms with E-state index in [1.807, 2.05) is 30.0 Å². The molecule has 1 aromatic rings. The normalized spacial score (nSPS) is 14.6. The lowest BCUT2D eigenvalue weighted by Crippen LogP contribution is -2.34. The van der Waals surface area contributed by atoms with Gasteiger partial charge in [-0.05, 0) is 43.7 Å². The highest BCUT2D eigenvalue weighted by Crippen LogP contribution is 2.30. The Labute approximate surface area is 109 Å². The lowest BCUT2D eigenvalue weighted by atomic mass is 10.1. The number of amides is 1. The van der Waals surface area contributed by atoms with Crippen molar-refractivity contribution in [2.75, 3.05) is 18.8 Å². The molecule has 98 valence electrons. The summed E-state index contributed by atoms with van der Waals surface area (Å²) in [7, 11) is 0. The predicted molar refractivity (Wildman–Crippen MR) is 74.5 cm³/mol. The van der Waals surface area contributed by atoms with Crippen LogP contribution in [0.5, 0.6) is 0 Å². The molecule has 0 radical (unpaired) electrons. The van der Waals surface area contributed by atoms with E-state index < -0.39 is 0 Å². The predicted octanol–water partition coefficient (Wildman–Crippen LogP) is 2.84. The minimum absolute atomic E-state index is 0.0966. The van der Waals surface area contributed by atoms with Gasteiger partial charge in [-0.15, -0.1) is 0 Å². The van der Waals surface area contributed by atoms with Crippen LogP contribution in [0.15, 0.2) is 18.2 Å². The van der Waals surface area contributed by atoms with Gasteiger partial charge in [-0.3, -0.25) is 4.79 Å². The average Bonchev–Trinajstić information content (AvgIpc) is 3.12.